The van der Waals surface area contributed by atoms with Crippen LogP contribution in [-0.4, -0.2) is 25.1 Å². The average molecular weight is 419 g/mol. The Bertz CT molecular complexity index is 894. The van der Waals surface area contributed by atoms with E-state index >= 15 is 0 Å². The van der Waals surface area contributed by atoms with Crippen LogP contribution in [0.3, 0.4) is 0 Å². The second-order valence-electron chi connectivity index (χ2n) is 5.77. The van der Waals surface area contributed by atoms with E-state index in [0.29, 0.717) is 13.1 Å². The number of thiophene rings is 1. The van der Waals surface area contributed by atoms with Crippen molar-refractivity contribution in [2.75, 3.05) is 14.2 Å². The maximum atomic E-state index is 12.3. The third kappa shape index (κ3) is 4.52. The van der Waals surface area contributed by atoms with E-state index in [2.05, 4.69) is 27.3 Å². The number of ether oxygens (including phenoxy) is 1. The Kier molecular flexibility index (Phi) is 5.60. The summed E-state index contributed by atoms with van der Waals surface area (Å²) in [6, 6.07) is 16.1. The molecule has 3 aromatic rings. The van der Waals surface area contributed by atoms with Crippen LogP contribution in [0.4, 0.5) is 4.79 Å². The van der Waals surface area contributed by atoms with E-state index in [4.69, 9.17) is 4.74 Å². The minimum atomic E-state index is -0.0839. The first-order valence-electron chi connectivity index (χ1n) is 7.85. The Morgan fingerprint density at radius 3 is 2.64 bits per heavy atom. The highest BCUT2D eigenvalue weighted by Gasteiger charge is 2.10. The number of amides is 2. The van der Waals surface area contributed by atoms with Crippen LogP contribution >= 0.6 is 27.3 Å². The van der Waals surface area contributed by atoms with Gasteiger partial charge < -0.3 is 15.0 Å². The zero-order valence-electron chi connectivity index (χ0n) is 14.1. The van der Waals surface area contributed by atoms with E-state index in [-0.39, 0.29) is 6.03 Å². The van der Waals surface area contributed by atoms with Gasteiger partial charge in [-0.1, -0.05) is 18.2 Å². The van der Waals surface area contributed by atoms with Gasteiger partial charge in [0.05, 0.1) is 17.4 Å². The number of nitrogens with one attached hydrogen (secondary N) is 1. The lowest BCUT2D eigenvalue weighted by molar-refractivity contribution is 0.207. The first kappa shape index (κ1) is 17.8. The molecular weight excluding hydrogens is 400 g/mol. The maximum absolute atomic E-state index is 12.3. The summed E-state index contributed by atoms with van der Waals surface area (Å²) in [5.41, 5.74) is 1.07. The lowest BCUT2D eigenvalue weighted by Crippen LogP contribution is -2.36. The highest BCUT2D eigenvalue weighted by atomic mass is 79.9. The van der Waals surface area contributed by atoms with E-state index in [0.717, 1.165) is 30.7 Å². The summed E-state index contributed by atoms with van der Waals surface area (Å²) >= 11 is 5.08. The fraction of sp³-hybridized carbons (Fsp3) is 0.211. The van der Waals surface area contributed by atoms with Crippen molar-refractivity contribution < 1.29 is 9.53 Å². The number of hydrogen-bond donors (Lipinski definition) is 1. The molecule has 1 aromatic heterocycles. The van der Waals surface area contributed by atoms with Gasteiger partial charge in [0.2, 0.25) is 0 Å². The van der Waals surface area contributed by atoms with Crippen molar-refractivity contribution in [3.05, 3.63) is 62.8 Å². The molecule has 0 aliphatic carbocycles. The monoisotopic (exact) mass is 418 g/mol. The standard InChI is InChI=1S/C19H19BrN2O2S/c1-22(12-17-7-8-18(20)25-17)19(23)21-11-13-3-4-15-10-16(24-2)6-5-14(15)9-13/h3-10H,11-12H2,1-2H3,(H,21,23). The first-order chi connectivity index (χ1) is 12.0. The number of methoxy groups -OCH3 is 1. The minimum absolute atomic E-state index is 0.0839. The van der Waals surface area contributed by atoms with Crippen LogP contribution in [0, 0.1) is 0 Å². The molecule has 2 amide bonds. The highest BCUT2D eigenvalue weighted by molar-refractivity contribution is 9.11. The Morgan fingerprint density at radius 2 is 1.92 bits per heavy atom. The number of carbonyl (C=O) groups excluding carboxylic acids is 1. The lowest BCUT2D eigenvalue weighted by Gasteiger charge is -2.17. The van der Waals surface area contributed by atoms with E-state index in [9.17, 15) is 4.79 Å². The lowest BCUT2D eigenvalue weighted by atomic mass is 10.1. The number of hydrogen-bond acceptors (Lipinski definition) is 3. The summed E-state index contributed by atoms with van der Waals surface area (Å²) in [5, 5.41) is 5.22. The van der Waals surface area contributed by atoms with Crippen molar-refractivity contribution in [3.8, 4) is 5.75 Å². The summed E-state index contributed by atoms with van der Waals surface area (Å²) in [6.07, 6.45) is 0. The number of benzene rings is 2. The second-order valence-corrected chi connectivity index (χ2v) is 8.32. The third-order valence-corrected chi connectivity index (χ3v) is 5.53. The molecule has 2 aromatic carbocycles. The van der Waals surface area contributed by atoms with Crippen LogP contribution < -0.4 is 10.1 Å². The van der Waals surface area contributed by atoms with Crippen LogP contribution in [0.2, 0.25) is 0 Å². The summed E-state index contributed by atoms with van der Waals surface area (Å²) < 4.78 is 6.32. The molecule has 0 atom stereocenters. The molecule has 0 spiro atoms. The molecule has 0 aliphatic rings. The molecule has 6 heteroatoms. The molecule has 1 N–H and O–H groups in total. The highest BCUT2D eigenvalue weighted by Crippen LogP contribution is 2.23. The zero-order valence-corrected chi connectivity index (χ0v) is 16.5. The van der Waals surface area contributed by atoms with Gasteiger partial charge in [-0.3, -0.25) is 0 Å². The molecule has 0 radical (unpaired) electrons. The number of urea groups is 1. The van der Waals surface area contributed by atoms with Gasteiger partial charge >= 0.3 is 6.03 Å². The fourth-order valence-electron chi connectivity index (χ4n) is 2.57. The fourth-order valence-corrected chi connectivity index (χ4v) is 4.10. The molecule has 25 heavy (non-hydrogen) atoms. The number of nitrogens with zero attached hydrogens (tertiary/aromatic N) is 1. The molecule has 0 saturated carbocycles. The molecule has 3 rings (SSSR count). The number of carbonyl (C=O) groups is 1. The third-order valence-electron chi connectivity index (χ3n) is 3.92. The molecule has 0 bridgehead atoms. The number of fused-ring (bicyclic) bond motifs is 1. The molecule has 0 aliphatic heterocycles. The van der Waals surface area contributed by atoms with Gasteiger partial charge in [0.15, 0.2) is 0 Å². The van der Waals surface area contributed by atoms with Gasteiger partial charge in [0, 0.05) is 18.5 Å². The normalized spacial score (nSPS) is 10.7. The maximum Gasteiger partial charge on any atom is 0.317 e. The Hall–Kier alpha value is -2.05. The average Bonchev–Trinajstić information content (AvgIpc) is 3.03. The quantitative estimate of drug-likeness (QED) is 0.632. The largest absolute Gasteiger partial charge is 0.497 e. The van der Waals surface area contributed by atoms with Gasteiger partial charge in [0.25, 0.3) is 0 Å². The van der Waals surface area contributed by atoms with Crippen LogP contribution in [0.1, 0.15) is 10.4 Å². The molecule has 0 fully saturated rings. The van der Waals surface area contributed by atoms with Gasteiger partial charge in [0.1, 0.15) is 5.75 Å². The summed E-state index contributed by atoms with van der Waals surface area (Å²) in [4.78, 5) is 15.1. The summed E-state index contributed by atoms with van der Waals surface area (Å²) in [5.74, 6) is 0.843. The molecule has 130 valence electrons. The van der Waals surface area contributed by atoms with Crippen molar-refractivity contribution in [1.29, 1.82) is 0 Å². The van der Waals surface area contributed by atoms with Crippen molar-refractivity contribution in [2.24, 2.45) is 0 Å². The molecule has 0 saturated heterocycles. The Morgan fingerprint density at radius 1 is 1.16 bits per heavy atom. The second kappa shape index (κ2) is 7.89. The topological polar surface area (TPSA) is 41.6 Å². The van der Waals surface area contributed by atoms with Gasteiger partial charge in [-0.05, 0) is 62.6 Å². The summed E-state index contributed by atoms with van der Waals surface area (Å²) in [6.45, 7) is 1.10. The Balaban J connectivity index is 1.60. The SMILES string of the molecule is COc1ccc2cc(CNC(=O)N(C)Cc3ccc(Br)s3)ccc2c1. The minimum Gasteiger partial charge on any atom is -0.497 e. The van der Waals surface area contributed by atoms with Crippen molar-refractivity contribution in [3.63, 3.8) is 0 Å². The van der Waals surface area contributed by atoms with Gasteiger partial charge in [-0.25, -0.2) is 4.79 Å². The van der Waals surface area contributed by atoms with Crippen molar-refractivity contribution in [2.45, 2.75) is 13.1 Å². The Labute approximate surface area is 159 Å². The number of halogens is 1. The van der Waals surface area contributed by atoms with Crippen LogP contribution in [0.5, 0.6) is 5.75 Å². The molecule has 0 unspecified atom stereocenters. The smallest absolute Gasteiger partial charge is 0.317 e. The van der Waals surface area contributed by atoms with Crippen LogP contribution in [0.25, 0.3) is 10.8 Å². The zero-order chi connectivity index (χ0) is 17.8. The van der Waals surface area contributed by atoms with Crippen LogP contribution in [-0.2, 0) is 13.1 Å². The van der Waals surface area contributed by atoms with E-state index in [1.807, 2.05) is 42.5 Å². The van der Waals surface area contributed by atoms with Gasteiger partial charge in [-0.2, -0.15) is 0 Å². The van der Waals surface area contributed by atoms with Gasteiger partial charge in [-0.15, -0.1) is 11.3 Å². The predicted octanol–water partition coefficient (Wildman–Crippen LogP) is 5.01. The molecular formula is C19H19BrN2O2S. The predicted molar refractivity (Wildman–Crippen MR) is 106 cm³/mol. The summed E-state index contributed by atoms with van der Waals surface area (Å²) in [7, 11) is 3.46. The van der Waals surface area contributed by atoms with E-state index in [1.54, 1.807) is 30.4 Å². The molecule has 1 heterocycles. The van der Waals surface area contributed by atoms with E-state index in [1.165, 1.54) is 0 Å². The van der Waals surface area contributed by atoms with E-state index < -0.39 is 0 Å². The van der Waals surface area contributed by atoms with Crippen molar-refractivity contribution >= 4 is 44.1 Å². The molecule has 4 nitrogen and oxygen atoms in total. The van der Waals surface area contributed by atoms with Crippen molar-refractivity contribution in [1.82, 2.24) is 10.2 Å². The number of rotatable bonds is 5. The van der Waals surface area contributed by atoms with Crippen LogP contribution in [0.15, 0.2) is 52.3 Å². The first-order valence-corrected chi connectivity index (χ1v) is 9.46.